The first-order chi connectivity index (χ1) is 25.7. The summed E-state index contributed by atoms with van der Waals surface area (Å²) in [6, 6.07) is 19.2. The number of benzene rings is 2. The lowest BCUT2D eigenvalue weighted by Crippen LogP contribution is -1.97. The third-order valence-corrected chi connectivity index (χ3v) is 9.41. The van der Waals surface area contributed by atoms with E-state index in [1.807, 2.05) is 60.7 Å². The summed E-state index contributed by atoms with van der Waals surface area (Å²) >= 11 is 0. The molecule has 284 valence electrons. The van der Waals surface area contributed by atoms with Gasteiger partial charge in [0.15, 0.2) is 11.4 Å². The average molecular weight is 709 g/mol. The van der Waals surface area contributed by atoms with Crippen molar-refractivity contribution in [3.8, 4) is 23.6 Å². The molecular formula is C46H68N4O2. The van der Waals surface area contributed by atoms with Crippen molar-refractivity contribution in [1.82, 2.24) is 0 Å². The normalized spacial score (nSPS) is 11.8. The minimum absolute atomic E-state index is 0.0339. The number of hydrogen-bond acceptors (Lipinski definition) is 6. The molecular weight excluding hydrogens is 641 g/mol. The van der Waals surface area contributed by atoms with Crippen LogP contribution in [0.4, 0.5) is 0 Å². The number of allylic oxidation sites excluding steroid dienone is 2. The molecule has 2 aromatic rings. The standard InChI is InChI=1S/C46H68N4O2/c1-3-5-7-9-11-13-15-17-19-21-23-25-35-51-43-31-27-41(28-32-43)39-49-45(37-47)46(38-48)50-40-42-29-33-44(34-30-42)52-36-26-24-22-20-18-16-14-12-10-8-6-4-2/h27-34,39-40H,3-26,35-36H2,1-2H3/b46-45+,49-39?,50-40?. The van der Waals surface area contributed by atoms with Crippen LogP contribution in [0.2, 0.25) is 0 Å². The van der Waals surface area contributed by atoms with Crippen molar-refractivity contribution in [1.29, 1.82) is 10.5 Å². The van der Waals surface area contributed by atoms with E-state index in [1.54, 1.807) is 12.4 Å². The second-order valence-corrected chi connectivity index (χ2v) is 14.1. The van der Waals surface area contributed by atoms with E-state index in [1.165, 1.54) is 141 Å². The summed E-state index contributed by atoms with van der Waals surface area (Å²) in [5, 5.41) is 19.3. The molecule has 2 rings (SSSR count). The first kappa shape index (κ1) is 44.3. The van der Waals surface area contributed by atoms with Crippen molar-refractivity contribution in [2.45, 2.75) is 168 Å². The van der Waals surface area contributed by atoms with E-state index in [-0.39, 0.29) is 11.4 Å². The fourth-order valence-corrected chi connectivity index (χ4v) is 6.13. The van der Waals surface area contributed by atoms with Crippen LogP contribution in [0.15, 0.2) is 69.9 Å². The molecule has 0 aliphatic rings. The van der Waals surface area contributed by atoms with Crippen molar-refractivity contribution >= 4 is 12.4 Å². The van der Waals surface area contributed by atoms with Gasteiger partial charge in [0, 0.05) is 12.4 Å². The van der Waals surface area contributed by atoms with Crippen LogP contribution in [0.3, 0.4) is 0 Å². The SMILES string of the molecule is CCCCCCCCCCCCCCOc1ccc(C=N/C(C#N)=C(\C#N)N=Cc2ccc(OCCCCCCCCCCCCCC)cc2)cc1. The maximum absolute atomic E-state index is 9.67. The summed E-state index contributed by atoms with van der Waals surface area (Å²) in [6.07, 6.45) is 34.9. The molecule has 0 fully saturated rings. The Morgan fingerprint density at radius 2 is 0.712 bits per heavy atom. The Labute approximate surface area is 317 Å². The highest BCUT2D eigenvalue weighted by Gasteiger charge is 2.04. The minimum Gasteiger partial charge on any atom is -0.494 e. The van der Waals surface area contributed by atoms with Gasteiger partial charge in [-0.05, 0) is 72.5 Å². The molecule has 6 nitrogen and oxygen atoms in total. The van der Waals surface area contributed by atoms with Gasteiger partial charge in [-0.1, -0.05) is 155 Å². The van der Waals surface area contributed by atoms with Crippen LogP contribution in [0.25, 0.3) is 0 Å². The van der Waals surface area contributed by atoms with Crippen molar-refractivity contribution < 1.29 is 9.47 Å². The van der Waals surface area contributed by atoms with E-state index in [9.17, 15) is 10.5 Å². The second-order valence-electron chi connectivity index (χ2n) is 14.1. The molecule has 0 heterocycles. The smallest absolute Gasteiger partial charge is 0.176 e. The molecule has 0 saturated carbocycles. The fourth-order valence-electron chi connectivity index (χ4n) is 6.13. The minimum atomic E-state index is -0.0339. The highest BCUT2D eigenvalue weighted by Crippen LogP contribution is 2.17. The summed E-state index contributed by atoms with van der Waals surface area (Å²) in [6.45, 7) is 5.97. The zero-order chi connectivity index (χ0) is 37.2. The number of ether oxygens (including phenoxy) is 2. The fraction of sp³-hybridized carbons (Fsp3) is 0.609. The first-order valence-electron chi connectivity index (χ1n) is 20.8. The van der Waals surface area contributed by atoms with Gasteiger partial charge >= 0.3 is 0 Å². The number of nitriles is 2. The summed E-state index contributed by atoms with van der Waals surface area (Å²) in [4.78, 5) is 8.52. The molecule has 0 unspecified atom stereocenters. The number of hydrogen-bond donors (Lipinski definition) is 0. The third-order valence-electron chi connectivity index (χ3n) is 9.41. The van der Waals surface area contributed by atoms with Crippen molar-refractivity contribution in [3.63, 3.8) is 0 Å². The molecule has 6 heteroatoms. The van der Waals surface area contributed by atoms with E-state index in [0.717, 1.165) is 35.5 Å². The number of unbranched alkanes of at least 4 members (excludes halogenated alkanes) is 22. The number of aliphatic imine (C=N–C) groups is 2. The predicted octanol–water partition coefficient (Wildman–Crippen LogP) is 13.6. The van der Waals surface area contributed by atoms with Gasteiger partial charge < -0.3 is 9.47 Å². The summed E-state index contributed by atoms with van der Waals surface area (Å²) in [5.74, 6) is 1.64. The van der Waals surface area contributed by atoms with Crippen LogP contribution in [0, 0.1) is 22.7 Å². The van der Waals surface area contributed by atoms with Gasteiger partial charge in [-0.3, -0.25) is 0 Å². The quantitative estimate of drug-likeness (QED) is 0.0430. The third kappa shape index (κ3) is 22.8. The zero-order valence-electron chi connectivity index (χ0n) is 32.8. The molecule has 0 spiro atoms. The van der Waals surface area contributed by atoms with Gasteiger partial charge in [-0.15, -0.1) is 0 Å². The summed E-state index contributed by atoms with van der Waals surface area (Å²) in [5.41, 5.74) is 1.55. The Balaban J connectivity index is 1.64. The highest BCUT2D eigenvalue weighted by molar-refractivity contribution is 5.82. The molecule has 0 amide bonds. The van der Waals surface area contributed by atoms with Gasteiger partial charge in [-0.2, -0.15) is 10.5 Å². The number of nitrogens with zero attached hydrogens (tertiary/aromatic N) is 4. The van der Waals surface area contributed by atoms with Crippen molar-refractivity contribution in [2.24, 2.45) is 9.98 Å². The Hall–Kier alpha value is -3.90. The van der Waals surface area contributed by atoms with Gasteiger partial charge in [0.05, 0.1) is 13.2 Å². The molecule has 0 aliphatic carbocycles. The molecule has 0 atom stereocenters. The van der Waals surface area contributed by atoms with E-state index in [2.05, 4.69) is 23.8 Å². The molecule has 0 aliphatic heterocycles. The van der Waals surface area contributed by atoms with Gasteiger partial charge in [0.1, 0.15) is 23.6 Å². The Bertz CT molecular complexity index is 1230. The van der Waals surface area contributed by atoms with Gasteiger partial charge in [0.2, 0.25) is 0 Å². The van der Waals surface area contributed by atoms with Gasteiger partial charge in [0.25, 0.3) is 0 Å². The summed E-state index contributed by atoms with van der Waals surface area (Å²) < 4.78 is 11.8. The van der Waals surface area contributed by atoms with Gasteiger partial charge in [-0.25, -0.2) is 9.98 Å². The topological polar surface area (TPSA) is 90.8 Å². The molecule has 52 heavy (non-hydrogen) atoms. The van der Waals surface area contributed by atoms with E-state index >= 15 is 0 Å². The Morgan fingerprint density at radius 1 is 0.442 bits per heavy atom. The second kappa shape index (κ2) is 31.8. The van der Waals surface area contributed by atoms with Crippen LogP contribution in [-0.4, -0.2) is 25.6 Å². The summed E-state index contributed by atoms with van der Waals surface area (Å²) in [7, 11) is 0. The molecule has 0 bridgehead atoms. The molecule has 2 aromatic carbocycles. The lowest BCUT2D eigenvalue weighted by Gasteiger charge is -2.06. The number of rotatable bonds is 32. The maximum atomic E-state index is 9.67. The first-order valence-corrected chi connectivity index (χ1v) is 20.8. The van der Waals surface area contributed by atoms with Crippen molar-refractivity contribution in [2.75, 3.05) is 13.2 Å². The Kier molecular flexibility index (Phi) is 27.1. The molecule has 0 N–H and O–H groups in total. The van der Waals surface area contributed by atoms with E-state index < -0.39 is 0 Å². The van der Waals surface area contributed by atoms with Crippen LogP contribution >= 0.6 is 0 Å². The largest absolute Gasteiger partial charge is 0.494 e. The highest BCUT2D eigenvalue weighted by atomic mass is 16.5. The Morgan fingerprint density at radius 3 is 0.981 bits per heavy atom. The van der Waals surface area contributed by atoms with E-state index in [0.29, 0.717) is 13.2 Å². The molecule has 0 radical (unpaired) electrons. The van der Waals surface area contributed by atoms with Crippen LogP contribution in [0.5, 0.6) is 11.5 Å². The van der Waals surface area contributed by atoms with Crippen molar-refractivity contribution in [3.05, 3.63) is 71.1 Å². The maximum Gasteiger partial charge on any atom is 0.176 e. The average Bonchev–Trinajstić information content (AvgIpc) is 3.17. The monoisotopic (exact) mass is 709 g/mol. The lowest BCUT2D eigenvalue weighted by atomic mass is 10.1. The van der Waals surface area contributed by atoms with Crippen LogP contribution < -0.4 is 9.47 Å². The van der Waals surface area contributed by atoms with Crippen LogP contribution in [-0.2, 0) is 0 Å². The zero-order valence-corrected chi connectivity index (χ0v) is 32.8. The predicted molar refractivity (Wildman–Crippen MR) is 219 cm³/mol. The lowest BCUT2D eigenvalue weighted by molar-refractivity contribution is 0.304. The van der Waals surface area contributed by atoms with E-state index in [4.69, 9.17) is 9.47 Å². The molecule has 0 saturated heterocycles. The van der Waals surface area contributed by atoms with Crippen LogP contribution in [0.1, 0.15) is 179 Å². The molecule has 0 aromatic heterocycles.